The third-order valence-corrected chi connectivity index (χ3v) is 7.33. The van der Waals surface area contributed by atoms with E-state index < -0.39 is 15.4 Å². The first-order chi connectivity index (χ1) is 11.9. The van der Waals surface area contributed by atoms with E-state index >= 15 is 0 Å². The van der Waals surface area contributed by atoms with Crippen LogP contribution in [0.3, 0.4) is 0 Å². The van der Waals surface area contributed by atoms with Crippen LogP contribution in [0, 0.1) is 18.3 Å². The van der Waals surface area contributed by atoms with E-state index in [0.717, 1.165) is 5.56 Å². The van der Waals surface area contributed by atoms with Crippen LogP contribution in [-0.4, -0.2) is 38.4 Å². The standard InChI is InChI=1S/C15H19N7O2S/c1-11-2-4-14(5-3-11)25(23,24)22-8-12-6-13(22)7-15(12,9-18-20-16)10-19-21-17/h2-5,12-13H,6-10H2,1H3/t12-,13-/m0/s1. The molecule has 0 radical (unpaired) electrons. The molecule has 10 heteroatoms. The number of piperidine rings is 1. The van der Waals surface area contributed by atoms with Gasteiger partial charge in [-0.15, -0.1) is 0 Å². The number of hydrogen-bond donors (Lipinski definition) is 0. The number of sulfonamides is 1. The number of hydrogen-bond acceptors (Lipinski definition) is 4. The Kier molecular flexibility index (Phi) is 4.62. The minimum Gasteiger partial charge on any atom is -0.207 e. The van der Waals surface area contributed by atoms with Crippen LogP contribution < -0.4 is 0 Å². The summed E-state index contributed by atoms with van der Waals surface area (Å²) in [6, 6.07) is 6.68. The Balaban J connectivity index is 1.85. The highest BCUT2D eigenvalue weighted by Crippen LogP contribution is 2.52. The van der Waals surface area contributed by atoms with E-state index in [1.54, 1.807) is 28.6 Å². The van der Waals surface area contributed by atoms with Gasteiger partial charge in [-0.2, -0.15) is 4.31 Å². The van der Waals surface area contributed by atoms with Crippen LogP contribution in [0.15, 0.2) is 39.4 Å². The molecule has 1 saturated carbocycles. The summed E-state index contributed by atoms with van der Waals surface area (Å²) in [6.45, 7) is 2.72. The zero-order chi connectivity index (χ0) is 18.1. The second kappa shape index (κ2) is 6.57. The summed E-state index contributed by atoms with van der Waals surface area (Å²) in [5, 5.41) is 7.36. The second-order valence-electron chi connectivity index (χ2n) is 6.82. The summed E-state index contributed by atoms with van der Waals surface area (Å²) in [5.41, 5.74) is 17.8. The Morgan fingerprint density at radius 2 is 1.80 bits per heavy atom. The molecule has 2 aliphatic rings. The second-order valence-corrected chi connectivity index (χ2v) is 8.71. The average Bonchev–Trinajstić information content (AvgIpc) is 3.17. The molecule has 1 aromatic carbocycles. The largest absolute Gasteiger partial charge is 0.243 e. The van der Waals surface area contributed by atoms with Gasteiger partial charge in [0.2, 0.25) is 10.0 Å². The van der Waals surface area contributed by atoms with Crippen LogP contribution in [-0.2, 0) is 10.0 Å². The van der Waals surface area contributed by atoms with E-state index in [1.807, 2.05) is 6.92 Å². The van der Waals surface area contributed by atoms with E-state index in [-0.39, 0.29) is 25.0 Å². The Morgan fingerprint density at radius 3 is 2.28 bits per heavy atom. The van der Waals surface area contributed by atoms with E-state index in [0.29, 0.717) is 24.3 Å². The van der Waals surface area contributed by atoms with Crippen molar-refractivity contribution >= 4 is 10.0 Å². The van der Waals surface area contributed by atoms with Crippen molar-refractivity contribution in [2.45, 2.75) is 30.7 Å². The van der Waals surface area contributed by atoms with Crippen LogP contribution in [0.1, 0.15) is 18.4 Å². The zero-order valence-corrected chi connectivity index (χ0v) is 14.7. The van der Waals surface area contributed by atoms with E-state index in [9.17, 15) is 8.42 Å². The first-order valence-corrected chi connectivity index (χ1v) is 9.47. The first kappa shape index (κ1) is 17.6. The molecule has 0 N–H and O–H groups in total. The number of rotatable bonds is 6. The van der Waals surface area contributed by atoms with Gasteiger partial charge in [-0.05, 0) is 54.3 Å². The number of aryl methyl sites for hydroxylation is 1. The number of fused-ring (bicyclic) bond motifs is 2. The molecule has 25 heavy (non-hydrogen) atoms. The molecule has 0 amide bonds. The molecule has 1 aromatic rings. The lowest BCUT2D eigenvalue weighted by atomic mass is 9.77. The van der Waals surface area contributed by atoms with Gasteiger partial charge in [0, 0.05) is 35.5 Å². The van der Waals surface area contributed by atoms with Gasteiger partial charge in [-0.1, -0.05) is 27.9 Å². The molecule has 3 rings (SSSR count). The number of azide groups is 2. The molecule has 9 nitrogen and oxygen atoms in total. The predicted octanol–water partition coefficient (Wildman–Crippen LogP) is 3.38. The highest BCUT2D eigenvalue weighted by atomic mass is 32.2. The lowest BCUT2D eigenvalue weighted by molar-refractivity contribution is 0.155. The quantitative estimate of drug-likeness (QED) is 0.436. The lowest BCUT2D eigenvalue weighted by Gasteiger charge is -2.39. The van der Waals surface area contributed by atoms with Crippen LogP contribution in [0.25, 0.3) is 20.9 Å². The molecular formula is C15H19N7O2S. The molecule has 0 unspecified atom stereocenters. The van der Waals surface area contributed by atoms with E-state index in [2.05, 4.69) is 20.1 Å². The lowest BCUT2D eigenvalue weighted by Crippen LogP contribution is -2.46. The zero-order valence-electron chi connectivity index (χ0n) is 13.9. The summed E-state index contributed by atoms with van der Waals surface area (Å²) in [6.07, 6.45) is 1.24. The maximum absolute atomic E-state index is 12.9. The van der Waals surface area contributed by atoms with Gasteiger partial charge in [0.15, 0.2) is 0 Å². The van der Waals surface area contributed by atoms with Crippen molar-refractivity contribution < 1.29 is 8.42 Å². The maximum Gasteiger partial charge on any atom is 0.243 e. The van der Waals surface area contributed by atoms with Crippen LogP contribution >= 0.6 is 0 Å². The average molecular weight is 361 g/mol. The van der Waals surface area contributed by atoms with Crippen molar-refractivity contribution in [3.05, 3.63) is 50.7 Å². The molecule has 0 spiro atoms. The highest BCUT2D eigenvalue weighted by Gasteiger charge is 2.56. The summed E-state index contributed by atoms with van der Waals surface area (Å²) in [5.74, 6) is 0.0220. The molecule has 2 fully saturated rings. The fourth-order valence-corrected chi connectivity index (χ4v) is 5.75. The summed E-state index contributed by atoms with van der Waals surface area (Å²) < 4.78 is 27.4. The van der Waals surface area contributed by atoms with Gasteiger partial charge in [0.1, 0.15) is 0 Å². The fourth-order valence-electron chi connectivity index (χ4n) is 4.07. The summed E-state index contributed by atoms with van der Waals surface area (Å²) in [4.78, 5) is 5.93. The summed E-state index contributed by atoms with van der Waals surface area (Å²) >= 11 is 0. The van der Waals surface area contributed by atoms with Crippen LogP contribution in [0.5, 0.6) is 0 Å². The van der Waals surface area contributed by atoms with Gasteiger partial charge in [-0.25, -0.2) is 8.42 Å². The molecule has 1 heterocycles. The molecule has 1 saturated heterocycles. The Bertz CT molecular complexity index is 834. The van der Waals surface area contributed by atoms with Crippen molar-refractivity contribution in [2.24, 2.45) is 21.6 Å². The van der Waals surface area contributed by atoms with Crippen molar-refractivity contribution in [1.82, 2.24) is 4.31 Å². The fraction of sp³-hybridized carbons (Fsp3) is 0.600. The minimum atomic E-state index is -3.55. The highest BCUT2D eigenvalue weighted by molar-refractivity contribution is 7.89. The third-order valence-electron chi connectivity index (χ3n) is 5.40. The van der Waals surface area contributed by atoms with Crippen molar-refractivity contribution in [1.29, 1.82) is 0 Å². The minimum absolute atomic E-state index is 0.0220. The molecule has 132 valence electrons. The summed E-state index contributed by atoms with van der Waals surface area (Å²) in [7, 11) is -3.55. The number of nitrogens with zero attached hydrogens (tertiary/aromatic N) is 7. The molecule has 1 aliphatic heterocycles. The monoisotopic (exact) mass is 361 g/mol. The molecule has 2 atom stereocenters. The van der Waals surface area contributed by atoms with E-state index in [4.69, 9.17) is 11.1 Å². The third kappa shape index (κ3) is 3.05. The normalized spacial score (nSPS) is 28.4. The smallest absolute Gasteiger partial charge is 0.207 e. The SMILES string of the molecule is Cc1ccc(S(=O)(=O)N2C[C@@H]3C[C@H]2CC3(CN=[N+]=[N-])CN=[N+]=[N-])cc1. The van der Waals surface area contributed by atoms with Crippen molar-refractivity contribution in [2.75, 3.05) is 19.6 Å². The Hall–Kier alpha value is -2.25. The molecular weight excluding hydrogens is 342 g/mol. The van der Waals surface area contributed by atoms with Gasteiger partial charge < -0.3 is 0 Å². The van der Waals surface area contributed by atoms with Crippen molar-refractivity contribution in [3.63, 3.8) is 0 Å². The molecule has 1 aliphatic carbocycles. The molecule has 0 aromatic heterocycles. The number of benzene rings is 1. The molecule has 2 bridgehead atoms. The van der Waals surface area contributed by atoms with Crippen LogP contribution in [0.4, 0.5) is 0 Å². The topological polar surface area (TPSA) is 135 Å². The van der Waals surface area contributed by atoms with E-state index in [1.165, 1.54) is 0 Å². The van der Waals surface area contributed by atoms with Gasteiger partial charge in [0.25, 0.3) is 0 Å². The van der Waals surface area contributed by atoms with Crippen molar-refractivity contribution in [3.8, 4) is 0 Å². The van der Waals surface area contributed by atoms with Gasteiger partial charge in [-0.3, -0.25) is 0 Å². The Morgan fingerprint density at radius 1 is 1.20 bits per heavy atom. The first-order valence-electron chi connectivity index (χ1n) is 8.03. The van der Waals surface area contributed by atoms with Crippen LogP contribution in [0.2, 0.25) is 0 Å². The Labute approximate surface area is 145 Å². The predicted molar refractivity (Wildman–Crippen MR) is 92.0 cm³/mol. The van der Waals surface area contributed by atoms with Gasteiger partial charge >= 0.3 is 0 Å². The van der Waals surface area contributed by atoms with Gasteiger partial charge in [0.05, 0.1) is 4.90 Å². The maximum atomic E-state index is 12.9.